The average Bonchev–Trinajstić information content (AvgIpc) is 1.86. The van der Waals surface area contributed by atoms with Crippen LogP contribution in [0.2, 0.25) is 0 Å². The van der Waals surface area contributed by atoms with Gasteiger partial charge in [0, 0.05) is 0 Å². The minimum absolute atomic E-state index is 0. The van der Waals surface area contributed by atoms with E-state index < -0.39 is 18.4 Å². The molecule has 5 heteroatoms. The molecule has 64 valence electrons. The summed E-state index contributed by atoms with van der Waals surface area (Å²) in [7, 11) is 0. The van der Waals surface area contributed by atoms with Crippen LogP contribution < -0.4 is 56.5 Å². The SMILES string of the molecule is CCCCOC(=O)CC(=O)[O-].[K+]. The van der Waals surface area contributed by atoms with Gasteiger partial charge in [-0.1, -0.05) is 13.3 Å². The van der Waals surface area contributed by atoms with Crippen LogP contribution >= 0.6 is 0 Å². The number of carbonyl (C=O) groups excluding carboxylic acids is 2. The molecule has 0 aliphatic rings. The fourth-order valence-electron chi connectivity index (χ4n) is 0.499. The molecule has 0 aliphatic carbocycles. The van der Waals surface area contributed by atoms with Crippen LogP contribution in [0.4, 0.5) is 0 Å². The molecule has 4 nitrogen and oxygen atoms in total. The van der Waals surface area contributed by atoms with Gasteiger partial charge in [-0.2, -0.15) is 0 Å². The van der Waals surface area contributed by atoms with Gasteiger partial charge in [-0.3, -0.25) is 4.79 Å². The van der Waals surface area contributed by atoms with Crippen molar-refractivity contribution in [3.8, 4) is 0 Å². The van der Waals surface area contributed by atoms with Gasteiger partial charge in [0.15, 0.2) is 0 Å². The Hall–Kier alpha value is 0.576. The number of carboxylic acids is 1. The zero-order valence-corrected chi connectivity index (χ0v) is 10.6. The van der Waals surface area contributed by atoms with Crippen molar-refractivity contribution in [2.24, 2.45) is 0 Å². The van der Waals surface area contributed by atoms with Crippen molar-refractivity contribution >= 4 is 11.9 Å². The predicted molar refractivity (Wildman–Crippen MR) is 35.5 cm³/mol. The average molecular weight is 198 g/mol. The number of unbranched alkanes of at least 4 members (excludes halogenated alkanes) is 1. The molecule has 0 saturated heterocycles. The monoisotopic (exact) mass is 198 g/mol. The van der Waals surface area contributed by atoms with Gasteiger partial charge < -0.3 is 14.6 Å². The zero-order chi connectivity index (χ0) is 8.69. The first kappa shape index (κ1) is 15.1. The third kappa shape index (κ3) is 10.6. The van der Waals surface area contributed by atoms with Gasteiger partial charge in [0.25, 0.3) is 0 Å². The normalized spacial score (nSPS) is 8.42. The fraction of sp³-hybridized carbons (Fsp3) is 0.714. The molecule has 0 saturated carbocycles. The molecule has 0 aromatic carbocycles. The molecule has 0 aromatic rings. The molecular formula is C7H11KO4. The molecule has 0 unspecified atom stereocenters. The second-order valence-corrected chi connectivity index (χ2v) is 2.12. The van der Waals surface area contributed by atoms with Crippen LogP contribution in [0.15, 0.2) is 0 Å². The van der Waals surface area contributed by atoms with Crippen LogP contribution in [0, 0.1) is 0 Å². The largest absolute Gasteiger partial charge is 1.00 e. The maximum absolute atomic E-state index is 10.5. The van der Waals surface area contributed by atoms with Crippen molar-refractivity contribution < 1.29 is 70.8 Å². The van der Waals surface area contributed by atoms with Gasteiger partial charge in [0.2, 0.25) is 0 Å². The second-order valence-electron chi connectivity index (χ2n) is 2.12. The summed E-state index contributed by atoms with van der Waals surface area (Å²) in [6.07, 6.45) is 1.03. The zero-order valence-electron chi connectivity index (χ0n) is 7.46. The standard InChI is InChI=1S/C7H12O4.K/c1-2-3-4-11-7(10)5-6(8)9;/h2-5H2,1H3,(H,8,9);/q;+1/p-1. The smallest absolute Gasteiger partial charge is 0.550 e. The van der Waals surface area contributed by atoms with Crippen molar-refractivity contribution in [3.05, 3.63) is 0 Å². The molecular weight excluding hydrogens is 187 g/mol. The van der Waals surface area contributed by atoms with Crippen LogP contribution in [-0.4, -0.2) is 18.5 Å². The summed E-state index contributed by atoms with van der Waals surface area (Å²) >= 11 is 0. The van der Waals surface area contributed by atoms with Gasteiger partial charge >= 0.3 is 57.4 Å². The van der Waals surface area contributed by atoms with E-state index >= 15 is 0 Å². The van der Waals surface area contributed by atoms with Crippen LogP contribution in [0.1, 0.15) is 26.2 Å². The summed E-state index contributed by atoms with van der Waals surface area (Å²) in [4.78, 5) is 20.3. The predicted octanol–water partition coefficient (Wildman–Crippen LogP) is -3.53. The Morgan fingerprint density at radius 1 is 1.42 bits per heavy atom. The minimum atomic E-state index is -1.40. The molecule has 0 amide bonds. The van der Waals surface area contributed by atoms with Gasteiger partial charge in [0.05, 0.1) is 19.0 Å². The Labute approximate surface area is 114 Å². The summed E-state index contributed by atoms with van der Waals surface area (Å²) < 4.78 is 4.53. The minimum Gasteiger partial charge on any atom is -0.550 e. The molecule has 0 aliphatic heterocycles. The van der Waals surface area contributed by atoms with E-state index in [4.69, 9.17) is 0 Å². The van der Waals surface area contributed by atoms with E-state index in [1.807, 2.05) is 6.92 Å². The van der Waals surface area contributed by atoms with E-state index in [0.29, 0.717) is 6.61 Å². The quantitative estimate of drug-likeness (QED) is 0.199. The van der Waals surface area contributed by atoms with Crippen LogP contribution in [0.25, 0.3) is 0 Å². The number of aliphatic carboxylic acids is 1. The van der Waals surface area contributed by atoms with Gasteiger partial charge in [-0.15, -0.1) is 0 Å². The Kier molecular flexibility index (Phi) is 12.1. The van der Waals surface area contributed by atoms with Crippen molar-refractivity contribution in [2.45, 2.75) is 26.2 Å². The molecule has 0 spiro atoms. The third-order valence-electron chi connectivity index (χ3n) is 1.05. The van der Waals surface area contributed by atoms with Gasteiger partial charge in [-0.25, -0.2) is 0 Å². The number of carboxylic acid groups (broad SMARTS) is 1. The number of hydrogen-bond acceptors (Lipinski definition) is 4. The first-order valence-corrected chi connectivity index (χ1v) is 3.52. The molecule has 0 N–H and O–H groups in total. The molecule has 0 fully saturated rings. The first-order chi connectivity index (χ1) is 5.16. The molecule has 0 bridgehead atoms. The number of hydrogen-bond donors (Lipinski definition) is 0. The second kappa shape index (κ2) is 9.66. The Balaban J connectivity index is 0. The fourth-order valence-corrected chi connectivity index (χ4v) is 0.499. The molecule has 0 heterocycles. The van der Waals surface area contributed by atoms with Crippen LogP contribution in [0.5, 0.6) is 0 Å². The molecule has 0 aromatic heterocycles. The summed E-state index contributed by atoms with van der Waals surface area (Å²) in [5.74, 6) is -2.12. The first-order valence-electron chi connectivity index (χ1n) is 3.52. The number of rotatable bonds is 5. The summed E-state index contributed by atoms with van der Waals surface area (Å²) in [6.45, 7) is 2.25. The van der Waals surface area contributed by atoms with Crippen LogP contribution in [-0.2, 0) is 14.3 Å². The van der Waals surface area contributed by atoms with E-state index in [9.17, 15) is 14.7 Å². The van der Waals surface area contributed by atoms with E-state index in [1.54, 1.807) is 0 Å². The van der Waals surface area contributed by atoms with Crippen molar-refractivity contribution in [1.82, 2.24) is 0 Å². The van der Waals surface area contributed by atoms with E-state index in [-0.39, 0.29) is 51.4 Å². The maximum atomic E-state index is 10.5. The topological polar surface area (TPSA) is 66.4 Å². The van der Waals surface area contributed by atoms with Crippen molar-refractivity contribution in [2.75, 3.05) is 6.61 Å². The maximum Gasteiger partial charge on any atom is 1.00 e. The Bertz CT molecular complexity index is 146. The summed E-state index contributed by atoms with van der Waals surface area (Å²) in [5, 5.41) is 9.83. The molecule has 12 heavy (non-hydrogen) atoms. The van der Waals surface area contributed by atoms with Crippen molar-refractivity contribution in [1.29, 1.82) is 0 Å². The molecule has 0 atom stereocenters. The number of ether oxygens (including phenoxy) is 1. The van der Waals surface area contributed by atoms with Gasteiger partial charge in [-0.05, 0) is 6.42 Å². The Morgan fingerprint density at radius 2 is 2.00 bits per heavy atom. The summed E-state index contributed by atoms with van der Waals surface area (Å²) in [5.41, 5.74) is 0. The van der Waals surface area contributed by atoms with E-state index in [1.165, 1.54) is 0 Å². The Morgan fingerprint density at radius 3 is 2.42 bits per heavy atom. The van der Waals surface area contributed by atoms with Crippen molar-refractivity contribution in [3.63, 3.8) is 0 Å². The summed E-state index contributed by atoms with van der Waals surface area (Å²) in [6, 6.07) is 0. The van der Waals surface area contributed by atoms with E-state index in [0.717, 1.165) is 12.8 Å². The van der Waals surface area contributed by atoms with Crippen LogP contribution in [0.3, 0.4) is 0 Å². The molecule has 0 rings (SSSR count). The molecule has 0 radical (unpaired) electrons. The van der Waals surface area contributed by atoms with E-state index in [2.05, 4.69) is 4.74 Å². The number of esters is 1. The third-order valence-corrected chi connectivity index (χ3v) is 1.05. The van der Waals surface area contributed by atoms with Gasteiger partial charge in [0.1, 0.15) is 0 Å². The number of carbonyl (C=O) groups is 2.